The van der Waals surface area contributed by atoms with Crippen LogP contribution >= 0.6 is 23.2 Å². The first-order valence-electron chi connectivity index (χ1n) is 6.73. The van der Waals surface area contributed by atoms with Crippen molar-refractivity contribution in [2.24, 2.45) is 5.92 Å². The van der Waals surface area contributed by atoms with E-state index in [-0.39, 0.29) is 18.8 Å². The molecule has 1 aliphatic rings. The van der Waals surface area contributed by atoms with Gasteiger partial charge in [0.25, 0.3) is 0 Å². The van der Waals surface area contributed by atoms with Gasteiger partial charge in [0.2, 0.25) is 5.92 Å². The number of hydrogen-bond donors (Lipinski definition) is 0. The van der Waals surface area contributed by atoms with Crippen LogP contribution in [0.25, 0.3) is 0 Å². The highest BCUT2D eigenvalue weighted by molar-refractivity contribution is 6.42. The quantitative estimate of drug-likeness (QED) is 0.717. The largest absolute Gasteiger partial charge is 0.469 e. The number of rotatable bonds is 4. The van der Waals surface area contributed by atoms with Gasteiger partial charge in [-0.1, -0.05) is 29.3 Å². The lowest BCUT2D eigenvalue weighted by Gasteiger charge is -2.19. The molecule has 0 spiro atoms. The number of esters is 1. The molecular formula is C15H16Cl2F2O2. The minimum atomic E-state index is -2.62. The van der Waals surface area contributed by atoms with Crippen LogP contribution in [0, 0.1) is 5.92 Å². The zero-order chi connectivity index (χ0) is 15.6. The van der Waals surface area contributed by atoms with Gasteiger partial charge in [-0.05, 0) is 36.5 Å². The fourth-order valence-corrected chi connectivity index (χ4v) is 3.12. The molecule has 2 nitrogen and oxygen atoms in total. The molecule has 0 aliphatic heterocycles. The number of alkyl halides is 2. The van der Waals surface area contributed by atoms with Crippen molar-refractivity contribution < 1.29 is 18.3 Å². The molecule has 1 saturated carbocycles. The first-order chi connectivity index (χ1) is 9.82. The number of carbonyl (C=O) groups is 1. The molecule has 1 fully saturated rings. The fourth-order valence-electron chi connectivity index (χ4n) is 2.82. The highest BCUT2D eigenvalue weighted by Gasteiger charge is 2.41. The average molecular weight is 337 g/mol. The second kappa shape index (κ2) is 6.49. The van der Waals surface area contributed by atoms with E-state index in [1.807, 2.05) is 0 Å². The number of halogens is 4. The molecule has 1 aromatic rings. The van der Waals surface area contributed by atoms with Gasteiger partial charge < -0.3 is 4.74 Å². The van der Waals surface area contributed by atoms with Gasteiger partial charge >= 0.3 is 5.97 Å². The average Bonchev–Trinajstić information content (AvgIpc) is 2.78. The summed E-state index contributed by atoms with van der Waals surface area (Å²) < 4.78 is 31.4. The van der Waals surface area contributed by atoms with Gasteiger partial charge in [-0.2, -0.15) is 0 Å². The maximum Gasteiger partial charge on any atom is 0.313 e. The predicted molar refractivity (Wildman–Crippen MR) is 78.1 cm³/mol. The van der Waals surface area contributed by atoms with E-state index in [1.165, 1.54) is 7.11 Å². The highest BCUT2D eigenvalue weighted by Crippen LogP contribution is 2.43. The van der Waals surface area contributed by atoms with Crippen LogP contribution in [0.2, 0.25) is 10.0 Å². The highest BCUT2D eigenvalue weighted by atomic mass is 35.5. The third kappa shape index (κ3) is 4.07. The molecule has 0 heterocycles. The molecule has 21 heavy (non-hydrogen) atoms. The van der Waals surface area contributed by atoms with Crippen molar-refractivity contribution in [2.45, 2.75) is 37.5 Å². The normalized spacial score (nSPS) is 22.0. The summed E-state index contributed by atoms with van der Waals surface area (Å²) in [6.45, 7) is 0. The van der Waals surface area contributed by atoms with E-state index < -0.39 is 17.8 Å². The van der Waals surface area contributed by atoms with Crippen molar-refractivity contribution in [1.82, 2.24) is 0 Å². The van der Waals surface area contributed by atoms with Crippen LogP contribution < -0.4 is 0 Å². The molecule has 1 aliphatic carbocycles. The van der Waals surface area contributed by atoms with Crippen molar-refractivity contribution in [3.63, 3.8) is 0 Å². The maximum absolute atomic E-state index is 13.3. The third-order valence-corrected chi connectivity index (χ3v) is 4.65. The summed E-state index contributed by atoms with van der Waals surface area (Å²) in [6.07, 6.45) is 0.455. The first kappa shape index (κ1) is 16.5. The lowest BCUT2D eigenvalue weighted by atomic mass is 9.88. The van der Waals surface area contributed by atoms with Gasteiger partial charge in [-0.25, -0.2) is 8.78 Å². The van der Waals surface area contributed by atoms with Crippen LogP contribution in [0.3, 0.4) is 0 Å². The predicted octanol–water partition coefficient (Wildman–Crippen LogP) is 5.08. The molecular weight excluding hydrogens is 321 g/mol. The van der Waals surface area contributed by atoms with Gasteiger partial charge in [0.15, 0.2) is 0 Å². The summed E-state index contributed by atoms with van der Waals surface area (Å²) in [5.74, 6) is -3.85. The van der Waals surface area contributed by atoms with Crippen LogP contribution in [-0.4, -0.2) is 19.0 Å². The van der Waals surface area contributed by atoms with Crippen molar-refractivity contribution in [2.75, 3.05) is 7.11 Å². The number of hydrogen-bond acceptors (Lipinski definition) is 2. The molecule has 0 aromatic heterocycles. The molecule has 2 rings (SSSR count). The van der Waals surface area contributed by atoms with Gasteiger partial charge in [0.05, 0.1) is 23.1 Å². The Morgan fingerprint density at radius 1 is 1.43 bits per heavy atom. The Bertz CT molecular complexity index is 534. The minimum Gasteiger partial charge on any atom is -0.469 e. The second-order valence-corrected chi connectivity index (χ2v) is 6.26. The minimum absolute atomic E-state index is 0.118. The van der Waals surface area contributed by atoms with Crippen LogP contribution in [0.15, 0.2) is 18.2 Å². The molecule has 0 N–H and O–H groups in total. The summed E-state index contributed by atoms with van der Waals surface area (Å²) in [4.78, 5) is 12.0. The number of carbonyl (C=O) groups excluding carboxylic acids is 1. The Labute approximate surface area is 132 Å². The first-order valence-corrected chi connectivity index (χ1v) is 7.48. The Kier molecular flexibility index (Phi) is 5.10. The van der Waals surface area contributed by atoms with Crippen molar-refractivity contribution >= 4 is 29.2 Å². The number of ether oxygens (including phenoxy) is 1. The number of benzene rings is 1. The Hall–Kier alpha value is -0.870. The topological polar surface area (TPSA) is 26.3 Å². The molecule has 0 radical (unpaired) electrons. The monoisotopic (exact) mass is 336 g/mol. The SMILES string of the molecule is COC(=O)C(CC1CCC(F)(F)C1)c1ccc(Cl)c(Cl)c1. The van der Waals surface area contributed by atoms with Crippen LogP contribution in [0.1, 0.15) is 37.2 Å². The molecule has 0 amide bonds. The van der Waals surface area contributed by atoms with Gasteiger partial charge in [-0.15, -0.1) is 0 Å². The molecule has 2 atom stereocenters. The molecule has 2 unspecified atom stereocenters. The van der Waals surface area contributed by atoms with Gasteiger partial charge in [-0.3, -0.25) is 4.79 Å². The van der Waals surface area contributed by atoms with Crippen LogP contribution in [0.5, 0.6) is 0 Å². The molecule has 6 heteroatoms. The zero-order valence-electron chi connectivity index (χ0n) is 11.5. The van der Waals surface area contributed by atoms with E-state index in [9.17, 15) is 13.6 Å². The van der Waals surface area contributed by atoms with Crippen molar-refractivity contribution in [3.05, 3.63) is 33.8 Å². The number of methoxy groups -OCH3 is 1. The van der Waals surface area contributed by atoms with E-state index in [0.29, 0.717) is 28.5 Å². The lowest BCUT2D eigenvalue weighted by molar-refractivity contribution is -0.143. The second-order valence-electron chi connectivity index (χ2n) is 5.45. The van der Waals surface area contributed by atoms with Crippen LogP contribution in [-0.2, 0) is 9.53 Å². The fraction of sp³-hybridized carbons (Fsp3) is 0.533. The summed E-state index contributed by atoms with van der Waals surface area (Å²) in [5, 5.41) is 0.719. The van der Waals surface area contributed by atoms with E-state index in [2.05, 4.69) is 0 Å². The van der Waals surface area contributed by atoms with E-state index in [0.717, 1.165) is 0 Å². The zero-order valence-corrected chi connectivity index (χ0v) is 13.1. The third-order valence-electron chi connectivity index (χ3n) is 3.91. The van der Waals surface area contributed by atoms with Gasteiger partial charge in [0, 0.05) is 12.8 Å². The van der Waals surface area contributed by atoms with E-state index >= 15 is 0 Å². The molecule has 0 saturated heterocycles. The lowest BCUT2D eigenvalue weighted by Crippen LogP contribution is -2.18. The summed E-state index contributed by atoms with van der Waals surface area (Å²) in [5.41, 5.74) is 0.645. The summed E-state index contributed by atoms with van der Waals surface area (Å²) >= 11 is 11.8. The van der Waals surface area contributed by atoms with Crippen molar-refractivity contribution in [3.8, 4) is 0 Å². The van der Waals surface area contributed by atoms with Crippen LogP contribution in [0.4, 0.5) is 8.78 Å². The Morgan fingerprint density at radius 3 is 2.67 bits per heavy atom. The summed E-state index contributed by atoms with van der Waals surface area (Å²) in [7, 11) is 1.29. The smallest absolute Gasteiger partial charge is 0.313 e. The molecule has 116 valence electrons. The Balaban J connectivity index is 2.19. The van der Waals surface area contributed by atoms with Crippen molar-refractivity contribution in [1.29, 1.82) is 0 Å². The summed E-state index contributed by atoms with van der Waals surface area (Å²) in [6, 6.07) is 4.87. The van der Waals surface area contributed by atoms with E-state index in [1.54, 1.807) is 18.2 Å². The Morgan fingerprint density at radius 2 is 2.14 bits per heavy atom. The van der Waals surface area contributed by atoms with Gasteiger partial charge in [0.1, 0.15) is 0 Å². The molecule has 0 bridgehead atoms. The maximum atomic E-state index is 13.3. The standard InChI is InChI=1S/C15H16Cl2F2O2/c1-21-14(20)11(6-9-4-5-15(18,19)8-9)10-2-3-12(16)13(17)7-10/h2-3,7,9,11H,4-6,8H2,1H3. The molecule has 1 aromatic carbocycles. The van der Waals surface area contributed by atoms with E-state index in [4.69, 9.17) is 27.9 Å².